The summed E-state index contributed by atoms with van der Waals surface area (Å²) in [5.74, 6) is 0. The third-order valence-corrected chi connectivity index (χ3v) is 13.5. The first-order valence-corrected chi connectivity index (χ1v) is 22.5. The fourth-order valence-electron chi connectivity index (χ4n) is 10.8. The summed E-state index contributed by atoms with van der Waals surface area (Å²) in [4.78, 5) is 8.38. The molecule has 0 fully saturated rings. The average Bonchev–Trinajstić information content (AvgIpc) is 3.73. The molecule has 0 spiro atoms. The summed E-state index contributed by atoms with van der Waals surface area (Å²) in [5, 5.41) is 17.2. The molecule has 0 radical (unpaired) electrons. The normalized spacial score (nSPS) is 12.3. The number of rotatable bonds is 8. The molecule has 0 aliphatic heterocycles. The van der Waals surface area contributed by atoms with Crippen LogP contribution in [0.25, 0.3) is 48.3 Å². The van der Waals surface area contributed by atoms with Crippen LogP contribution in [0.2, 0.25) is 0 Å². The third-order valence-electron chi connectivity index (χ3n) is 13.5. The molecule has 0 atom stereocenters. The van der Waals surface area contributed by atoms with Crippen molar-refractivity contribution in [2.75, 3.05) is 9.80 Å². The van der Waals surface area contributed by atoms with E-state index < -0.39 is 5.41 Å². The molecule has 0 saturated carbocycles. The Morgan fingerprint density at radius 3 is 1.57 bits per heavy atom. The summed E-state index contributed by atoms with van der Waals surface area (Å²) in [5.41, 5.74) is 13.3. The van der Waals surface area contributed by atoms with Gasteiger partial charge in [0.1, 0.15) is 6.07 Å². The Morgan fingerprint density at radius 1 is 0.403 bits per heavy atom. The monoisotopic (exact) mass is 852 g/mol. The Labute approximate surface area is 389 Å². The van der Waals surface area contributed by atoms with Crippen molar-refractivity contribution in [3.8, 4) is 17.2 Å². The van der Waals surface area contributed by atoms with Gasteiger partial charge < -0.3 is 9.80 Å². The number of anilines is 6. The maximum atomic E-state index is 10.3. The number of fused-ring (bicyclic) bond motifs is 10. The molecule has 67 heavy (non-hydrogen) atoms. The van der Waals surface area contributed by atoms with E-state index in [-0.39, 0.29) is 0 Å². The molecular weight excluding hydrogens is 813 g/mol. The molecule has 0 amide bonds. The van der Waals surface area contributed by atoms with Crippen molar-refractivity contribution in [2.24, 2.45) is 0 Å². The third kappa shape index (κ3) is 6.13. The van der Waals surface area contributed by atoms with Gasteiger partial charge in [-0.25, -0.2) is 4.85 Å². The van der Waals surface area contributed by atoms with Gasteiger partial charge in [-0.3, -0.25) is 0 Å². The van der Waals surface area contributed by atoms with Crippen molar-refractivity contribution in [3.63, 3.8) is 0 Å². The van der Waals surface area contributed by atoms with E-state index in [4.69, 9.17) is 6.57 Å². The SMILES string of the molecule is [C-]#[N+]c1ccccc1N(c1ccccc1)c1ccc2c3c(c4ccccc4c2c1)-c1ccc2cc(N(c4ccccc4)c4ccccc4C#N)ccc2c1C3(c1ccccc1)c1ccccc1. The number of para-hydroxylation sites is 5. The Kier molecular flexibility index (Phi) is 9.46. The van der Waals surface area contributed by atoms with Gasteiger partial charge in [-0.2, -0.15) is 5.26 Å². The van der Waals surface area contributed by atoms with Crippen molar-refractivity contribution >= 4 is 72.1 Å². The molecule has 0 aromatic heterocycles. The van der Waals surface area contributed by atoms with Crippen LogP contribution in [0, 0.1) is 17.9 Å². The zero-order valence-electron chi connectivity index (χ0n) is 36.4. The number of hydrogen-bond donors (Lipinski definition) is 0. The first-order valence-electron chi connectivity index (χ1n) is 22.5. The van der Waals surface area contributed by atoms with Crippen molar-refractivity contribution < 1.29 is 0 Å². The van der Waals surface area contributed by atoms with E-state index in [2.05, 4.69) is 191 Å². The van der Waals surface area contributed by atoms with E-state index in [9.17, 15) is 5.26 Å². The van der Waals surface area contributed by atoms with Gasteiger partial charge in [0.25, 0.3) is 0 Å². The summed E-state index contributed by atoms with van der Waals surface area (Å²) in [6, 6.07) is 88.0. The van der Waals surface area contributed by atoms with E-state index in [0.29, 0.717) is 11.3 Å². The van der Waals surface area contributed by atoms with Gasteiger partial charge in [-0.15, -0.1) is 0 Å². The molecule has 312 valence electrons. The van der Waals surface area contributed by atoms with Gasteiger partial charge >= 0.3 is 0 Å². The van der Waals surface area contributed by atoms with Crippen LogP contribution < -0.4 is 9.80 Å². The van der Waals surface area contributed by atoms with Gasteiger partial charge in [0.2, 0.25) is 5.69 Å². The number of benzene rings is 11. The lowest BCUT2D eigenvalue weighted by Gasteiger charge is -2.36. The zero-order valence-corrected chi connectivity index (χ0v) is 36.4. The Hall–Kier alpha value is -9.22. The molecule has 11 aromatic carbocycles. The summed E-state index contributed by atoms with van der Waals surface area (Å²) < 4.78 is 0. The first kappa shape index (κ1) is 39.4. The molecule has 1 aliphatic carbocycles. The highest BCUT2D eigenvalue weighted by Crippen LogP contribution is 2.62. The number of nitrogens with zero attached hydrogens (tertiary/aromatic N) is 4. The molecule has 0 N–H and O–H groups in total. The van der Waals surface area contributed by atoms with Crippen LogP contribution in [0.4, 0.5) is 39.8 Å². The van der Waals surface area contributed by atoms with Gasteiger partial charge in [0, 0.05) is 22.7 Å². The average molecular weight is 853 g/mol. The molecule has 4 nitrogen and oxygen atoms in total. The molecule has 0 bridgehead atoms. The topological polar surface area (TPSA) is 34.6 Å². The second-order valence-corrected chi connectivity index (χ2v) is 17.0. The van der Waals surface area contributed by atoms with Gasteiger partial charge in [-0.1, -0.05) is 176 Å². The second kappa shape index (κ2) is 16.1. The molecule has 4 heteroatoms. The minimum atomic E-state index is -0.736. The van der Waals surface area contributed by atoms with E-state index in [1.807, 2.05) is 72.8 Å². The molecule has 11 aromatic rings. The predicted molar refractivity (Wildman–Crippen MR) is 277 cm³/mol. The summed E-state index contributed by atoms with van der Waals surface area (Å²) in [6.07, 6.45) is 0. The molecule has 12 rings (SSSR count). The lowest BCUT2D eigenvalue weighted by Crippen LogP contribution is -2.29. The predicted octanol–water partition coefficient (Wildman–Crippen LogP) is 16.9. The minimum absolute atomic E-state index is 0.587. The van der Waals surface area contributed by atoms with Gasteiger partial charge in [-0.05, 0) is 132 Å². The Morgan fingerprint density at radius 2 is 0.925 bits per heavy atom. The van der Waals surface area contributed by atoms with Crippen LogP contribution in [0.3, 0.4) is 0 Å². The summed E-state index contributed by atoms with van der Waals surface area (Å²) in [7, 11) is 0. The van der Waals surface area contributed by atoms with E-state index >= 15 is 0 Å². The van der Waals surface area contributed by atoms with Crippen LogP contribution in [0.15, 0.2) is 243 Å². The molecule has 0 unspecified atom stereocenters. The number of hydrogen-bond acceptors (Lipinski definition) is 3. The lowest BCUT2D eigenvalue weighted by molar-refractivity contribution is 0.783. The summed E-state index contributed by atoms with van der Waals surface area (Å²) >= 11 is 0. The highest BCUT2D eigenvalue weighted by atomic mass is 15.2. The van der Waals surface area contributed by atoms with Crippen molar-refractivity contribution in [3.05, 3.63) is 282 Å². The van der Waals surface area contributed by atoms with Crippen LogP contribution in [0.5, 0.6) is 0 Å². The highest BCUT2D eigenvalue weighted by Gasteiger charge is 2.49. The maximum absolute atomic E-state index is 10.3. The molecule has 0 saturated heterocycles. The van der Waals surface area contributed by atoms with Crippen LogP contribution in [-0.2, 0) is 5.41 Å². The standard InChI is InChI=1S/C63H40N4/c1-65-57-31-17-19-33-59(57)67(48-27-12-5-13-28-48)50-36-39-54-56(41-50)52-29-15-16-30-53(52)60-55-37-34-43-40-49(66(47-25-10-4-11-26-47)58-32-18-14-20-44(58)42-64)35-38-51(43)61(55)63(62(54)60,45-21-6-2-7-22-45)46-23-8-3-9-24-46/h2-41H. The Balaban J connectivity index is 1.18. The molecular formula is C63H40N4. The zero-order chi connectivity index (χ0) is 44.9. The van der Waals surface area contributed by atoms with Gasteiger partial charge in [0.15, 0.2) is 0 Å². The largest absolute Gasteiger partial charge is 0.320 e. The van der Waals surface area contributed by atoms with Crippen molar-refractivity contribution in [1.82, 2.24) is 0 Å². The quantitative estimate of drug-likeness (QED) is 0.113. The van der Waals surface area contributed by atoms with E-state index in [1.165, 1.54) is 44.2 Å². The first-order chi connectivity index (χ1) is 33.2. The Bertz CT molecular complexity index is 3740. The fourth-order valence-corrected chi connectivity index (χ4v) is 10.8. The second-order valence-electron chi connectivity index (χ2n) is 17.0. The number of nitriles is 1. The van der Waals surface area contributed by atoms with Crippen LogP contribution >= 0.6 is 0 Å². The van der Waals surface area contributed by atoms with Crippen molar-refractivity contribution in [1.29, 1.82) is 5.26 Å². The van der Waals surface area contributed by atoms with E-state index in [0.717, 1.165) is 55.7 Å². The maximum Gasteiger partial charge on any atom is 0.210 e. The summed E-state index contributed by atoms with van der Waals surface area (Å²) in [6.45, 7) is 8.17. The van der Waals surface area contributed by atoms with Crippen LogP contribution in [-0.4, -0.2) is 0 Å². The molecule has 1 aliphatic rings. The smallest absolute Gasteiger partial charge is 0.210 e. The van der Waals surface area contributed by atoms with Crippen molar-refractivity contribution in [2.45, 2.75) is 5.41 Å². The molecule has 0 heterocycles. The minimum Gasteiger partial charge on any atom is -0.320 e. The highest BCUT2D eigenvalue weighted by molar-refractivity contribution is 6.21. The van der Waals surface area contributed by atoms with Crippen LogP contribution in [0.1, 0.15) is 27.8 Å². The van der Waals surface area contributed by atoms with Gasteiger partial charge in [0.05, 0.1) is 28.9 Å². The fraction of sp³-hybridized carbons (Fsp3) is 0.0159. The lowest BCUT2D eigenvalue weighted by atomic mass is 9.65. The van der Waals surface area contributed by atoms with E-state index in [1.54, 1.807) is 0 Å².